The number of hydrogen-bond acceptors (Lipinski definition) is 6. The lowest BCUT2D eigenvalue weighted by molar-refractivity contribution is -0.114. The van der Waals surface area contributed by atoms with Gasteiger partial charge in [0.05, 0.1) is 27.3 Å². The first-order chi connectivity index (χ1) is 15.8. The third-order valence-electron chi connectivity index (χ3n) is 6.12. The maximum atomic E-state index is 13.6. The molecule has 0 saturated carbocycles. The molecule has 1 aromatic heterocycles. The molecule has 1 fully saturated rings. The summed E-state index contributed by atoms with van der Waals surface area (Å²) >= 11 is 1.41. The van der Waals surface area contributed by atoms with E-state index in [0.717, 1.165) is 34.5 Å². The Bertz CT molecular complexity index is 1300. The molecule has 1 amide bonds. The summed E-state index contributed by atoms with van der Waals surface area (Å²) in [7, 11) is -3.70. The number of carbonyl (C=O) groups is 1. The Labute approximate surface area is 197 Å². The van der Waals surface area contributed by atoms with Gasteiger partial charge >= 0.3 is 0 Å². The highest BCUT2D eigenvalue weighted by molar-refractivity contribution is 7.92. The zero-order valence-electron chi connectivity index (χ0n) is 18.4. The Morgan fingerprint density at radius 2 is 2.00 bits per heavy atom. The van der Waals surface area contributed by atoms with Gasteiger partial charge in [0.15, 0.2) is 5.13 Å². The van der Waals surface area contributed by atoms with Crippen LogP contribution in [0, 0.1) is 12.8 Å². The average molecular weight is 484 g/mol. The van der Waals surface area contributed by atoms with Crippen molar-refractivity contribution in [2.45, 2.75) is 37.7 Å². The summed E-state index contributed by atoms with van der Waals surface area (Å²) < 4.78 is 34.9. The topological polar surface area (TPSA) is 88.6 Å². The SMILES string of the molecule is CC(=O)Nc1nc(C)c(-c2ccc3c(c2)C2OCCCC2CN3S(=O)(=O)c2ccccc2)s1. The molecule has 5 rings (SSSR count). The van der Waals surface area contributed by atoms with E-state index < -0.39 is 10.0 Å². The third-order valence-corrected chi connectivity index (χ3v) is 9.04. The molecule has 0 spiro atoms. The Balaban J connectivity index is 1.61. The van der Waals surface area contributed by atoms with Gasteiger partial charge in [-0.05, 0) is 49.6 Å². The average Bonchev–Trinajstić information content (AvgIpc) is 3.17. The van der Waals surface area contributed by atoms with Crippen LogP contribution in [0.3, 0.4) is 0 Å². The van der Waals surface area contributed by atoms with Gasteiger partial charge in [0.2, 0.25) is 5.91 Å². The number of ether oxygens (including phenoxy) is 1. The van der Waals surface area contributed by atoms with Crippen LogP contribution in [0.5, 0.6) is 0 Å². The van der Waals surface area contributed by atoms with Crippen LogP contribution in [0.1, 0.15) is 37.1 Å². The van der Waals surface area contributed by atoms with Gasteiger partial charge in [0.25, 0.3) is 10.0 Å². The summed E-state index contributed by atoms with van der Waals surface area (Å²) in [5.41, 5.74) is 3.30. The van der Waals surface area contributed by atoms with Crippen LogP contribution in [-0.4, -0.2) is 32.5 Å². The number of aromatic nitrogens is 1. The lowest BCUT2D eigenvalue weighted by Gasteiger charge is -2.42. The lowest BCUT2D eigenvalue weighted by atomic mass is 9.85. The number of benzene rings is 2. The first-order valence-electron chi connectivity index (χ1n) is 10.9. The molecule has 3 heterocycles. The molecule has 33 heavy (non-hydrogen) atoms. The second-order valence-electron chi connectivity index (χ2n) is 8.43. The molecule has 2 atom stereocenters. The fraction of sp³-hybridized carbons (Fsp3) is 0.333. The van der Waals surface area contributed by atoms with E-state index in [1.807, 2.05) is 31.2 Å². The molecule has 2 unspecified atom stereocenters. The van der Waals surface area contributed by atoms with Crippen molar-refractivity contribution < 1.29 is 17.9 Å². The minimum Gasteiger partial charge on any atom is -0.373 e. The number of nitrogens with zero attached hydrogens (tertiary/aromatic N) is 2. The van der Waals surface area contributed by atoms with E-state index in [1.165, 1.54) is 18.3 Å². The van der Waals surface area contributed by atoms with Crippen molar-refractivity contribution in [1.82, 2.24) is 4.98 Å². The number of fused-ring (bicyclic) bond motifs is 3. The molecule has 0 aliphatic carbocycles. The molecule has 0 bridgehead atoms. The number of carbonyl (C=O) groups excluding carboxylic acids is 1. The fourth-order valence-electron chi connectivity index (χ4n) is 4.65. The first-order valence-corrected chi connectivity index (χ1v) is 13.2. The van der Waals surface area contributed by atoms with E-state index in [2.05, 4.69) is 10.3 Å². The van der Waals surface area contributed by atoms with Crippen LogP contribution >= 0.6 is 11.3 Å². The minimum absolute atomic E-state index is 0.0949. The maximum absolute atomic E-state index is 13.6. The van der Waals surface area contributed by atoms with E-state index >= 15 is 0 Å². The molecule has 9 heteroatoms. The van der Waals surface area contributed by atoms with Crippen molar-refractivity contribution in [3.63, 3.8) is 0 Å². The molecule has 1 N–H and O–H groups in total. The number of aryl methyl sites for hydroxylation is 1. The number of rotatable bonds is 4. The maximum Gasteiger partial charge on any atom is 0.264 e. The van der Waals surface area contributed by atoms with E-state index in [4.69, 9.17) is 4.74 Å². The van der Waals surface area contributed by atoms with Crippen LogP contribution in [-0.2, 0) is 19.6 Å². The van der Waals surface area contributed by atoms with Crippen molar-refractivity contribution >= 4 is 38.1 Å². The van der Waals surface area contributed by atoms with Crippen molar-refractivity contribution in [3.8, 4) is 10.4 Å². The zero-order valence-corrected chi connectivity index (χ0v) is 20.1. The van der Waals surface area contributed by atoms with Gasteiger partial charge in [-0.1, -0.05) is 35.6 Å². The standard InChI is InChI=1S/C24H25N3O4S2/c1-15-23(32-24(25-15)26-16(2)28)17-10-11-21-20(13-17)22-18(7-6-12-31-22)14-27(21)33(29,30)19-8-4-3-5-9-19/h3-5,8-11,13,18,22H,6-7,12,14H2,1-2H3,(H,25,26,28). The molecule has 2 aromatic carbocycles. The minimum atomic E-state index is -3.70. The highest BCUT2D eigenvalue weighted by atomic mass is 32.2. The molecule has 7 nitrogen and oxygen atoms in total. The molecule has 0 radical (unpaired) electrons. The number of sulfonamides is 1. The van der Waals surface area contributed by atoms with Crippen LogP contribution in [0.4, 0.5) is 10.8 Å². The Hall–Kier alpha value is -2.75. The second kappa shape index (κ2) is 8.55. The highest BCUT2D eigenvalue weighted by Gasteiger charge is 2.41. The summed E-state index contributed by atoms with van der Waals surface area (Å²) in [5.74, 6) is -0.0709. The zero-order chi connectivity index (χ0) is 23.2. The fourth-order valence-corrected chi connectivity index (χ4v) is 7.23. The Morgan fingerprint density at radius 1 is 1.21 bits per heavy atom. The van der Waals surface area contributed by atoms with Gasteiger partial charge in [-0.3, -0.25) is 9.10 Å². The van der Waals surface area contributed by atoms with Crippen molar-refractivity contribution in [2.24, 2.45) is 5.92 Å². The molecular formula is C24H25N3O4S2. The monoisotopic (exact) mass is 483 g/mol. The summed E-state index contributed by atoms with van der Waals surface area (Å²) in [6.45, 7) is 4.43. The molecule has 172 valence electrons. The van der Waals surface area contributed by atoms with Gasteiger partial charge in [-0.2, -0.15) is 0 Å². The first kappa shape index (κ1) is 22.1. The van der Waals surface area contributed by atoms with Gasteiger partial charge in [0, 0.05) is 31.6 Å². The summed E-state index contributed by atoms with van der Waals surface area (Å²) in [6.07, 6.45) is 1.70. The van der Waals surface area contributed by atoms with Crippen molar-refractivity contribution in [1.29, 1.82) is 0 Å². The molecule has 2 aliphatic rings. The number of thiazole rings is 1. The van der Waals surface area contributed by atoms with Crippen LogP contribution in [0.15, 0.2) is 53.4 Å². The smallest absolute Gasteiger partial charge is 0.264 e. The molecular weight excluding hydrogens is 458 g/mol. The quantitative estimate of drug-likeness (QED) is 0.578. The van der Waals surface area contributed by atoms with E-state index in [1.54, 1.807) is 28.6 Å². The van der Waals surface area contributed by atoms with Crippen molar-refractivity contribution in [2.75, 3.05) is 22.8 Å². The van der Waals surface area contributed by atoms with Gasteiger partial charge in [-0.25, -0.2) is 13.4 Å². The molecule has 3 aromatic rings. The summed E-state index contributed by atoms with van der Waals surface area (Å²) in [4.78, 5) is 17.1. The van der Waals surface area contributed by atoms with E-state index in [0.29, 0.717) is 24.0 Å². The summed E-state index contributed by atoms with van der Waals surface area (Å²) in [5, 5.41) is 3.29. The van der Waals surface area contributed by atoms with E-state index in [-0.39, 0.29) is 22.8 Å². The predicted molar refractivity (Wildman–Crippen MR) is 129 cm³/mol. The third kappa shape index (κ3) is 4.05. The summed E-state index contributed by atoms with van der Waals surface area (Å²) in [6, 6.07) is 14.4. The normalized spacial score (nSPS) is 20.1. The van der Waals surface area contributed by atoms with Gasteiger partial charge in [-0.15, -0.1) is 0 Å². The second-order valence-corrected chi connectivity index (χ2v) is 11.3. The molecule has 2 aliphatic heterocycles. The number of amides is 1. The number of anilines is 2. The lowest BCUT2D eigenvalue weighted by Crippen LogP contribution is -2.43. The number of nitrogens with one attached hydrogen (secondary N) is 1. The van der Waals surface area contributed by atoms with Crippen LogP contribution in [0.25, 0.3) is 10.4 Å². The highest BCUT2D eigenvalue weighted by Crippen LogP contribution is 2.47. The van der Waals surface area contributed by atoms with Gasteiger partial charge in [0.1, 0.15) is 0 Å². The van der Waals surface area contributed by atoms with Crippen LogP contribution in [0.2, 0.25) is 0 Å². The van der Waals surface area contributed by atoms with Gasteiger partial charge < -0.3 is 10.1 Å². The van der Waals surface area contributed by atoms with E-state index in [9.17, 15) is 13.2 Å². The van der Waals surface area contributed by atoms with Crippen LogP contribution < -0.4 is 9.62 Å². The Morgan fingerprint density at radius 3 is 2.76 bits per heavy atom. The van der Waals surface area contributed by atoms with Crippen molar-refractivity contribution in [3.05, 3.63) is 59.8 Å². The molecule has 1 saturated heterocycles. The predicted octanol–water partition coefficient (Wildman–Crippen LogP) is 4.75. The largest absolute Gasteiger partial charge is 0.373 e. The number of hydrogen-bond donors (Lipinski definition) is 1. The Kier molecular flexibility index (Phi) is 5.72.